The van der Waals surface area contributed by atoms with E-state index in [0.29, 0.717) is 6.61 Å². The van der Waals surface area contributed by atoms with Crippen molar-refractivity contribution in [2.75, 3.05) is 6.61 Å². The third kappa shape index (κ3) is 2.66. The van der Waals surface area contributed by atoms with E-state index in [4.69, 9.17) is 4.84 Å². The molecule has 0 aliphatic carbocycles. The molecule has 0 unspecified atom stereocenters. The Bertz CT molecular complexity index is 489. The van der Waals surface area contributed by atoms with Gasteiger partial charge < -0.3 is 4.84 Å². The van der Waals surface area contributed by atoms with E-state index in [9.17, 15) is 0 Å². The van der Waals surface area contributed by atoms with Gasteiger partial charge in [0, 0.05) is 0 Å². The maximum absolute atomic E-state index is 5.00. The smallest absolute Gasteiger partial charge is 0.143 e. The van der Waals surface area contributed by atoms with Crippen molar-refractivity contribution < 1.29 is 4.84 Å². The Labute approximate surface area is 98.9 Å². The van der Waals surface area contributed by atoms with Gasteiger partial charge >= 0.3 is 0 Å². The van der Waals surface area contributed by atoms with E-state index < -0.39 is 0 Å². The fourth-order valence-electron chi connectivity index (χ4n) is 1.35. The van der Waals surface area contributed by atoms with Crippen LogP contribution in [0.1, 0.15) is 19.4 Å². The van der Waals surface area contributed by atoms with E-state index in [-0.39, 0.29) is 0 Å². The lowest BCUT2D eigenvalue weighted by atomic mass is 10.1. The minimum atomic E-state index is 0.569. The predicted octanol–water partition coefficient (Wildman–Crippen LogP) is 1.42. The normalized spacial score (nSPS) is 11.5. The summed E-state index contributed by atoms with van der Waals surface area (Å²) in [6.45, 7) is 4.37. The van der Waals surface area contributed by atoms with Crippen LogP contribution in [0.15, 0.2) is 35.7 Å². The van der Waals surface area contributed by atoms with Crippen LogP contribution in [0, 0.1) is 0 Å². The molecule has 17 heavy (non-hydrogen) atoms. The first-order valence-electron chi connectivity index (χ1n) is 5.31. The average molecular weight is 231 g/mol. The number of rotatable bonds is 4. The monoisotopic (exact) mass is 231 g/mol. The summed E-state index contributed by atoms with van der Waals surface area (Å²) in [7, 11) is 0. The highest BCUT2D eigenvalue weighted by Gasteiger charge is 2.00. The second-order valence-electron chi connectivity index (χ2n) is 3.40. The number of tetrazole rings is 1. The number of benzene rings is 1. The molecule has 88 valence electrons. The molecule has 2 aromatic rings. The molecule has 0 bridgehead atoms. The SMILES string of the molecule is CCO/N=C(\C)c1ccc(-n2cnnn2)cc1. The molecule has 0 radical (unpaired) electrons. The quantitative estimate of drug-likeness (QED) is 0.589. The molecule has 0 N–H and O–H groups in total. The second-order valence-corrected chi connectivity index (χ2v) is 3.40. The fourth-order valence-corrected chi connectivity index (χ4v) is 1.35. The molecule has 6 heteroatoms. The lowest BCUT2D eigenvalue weighted by Crippen LogP contribution is -1.99. The van der Waals surface area contributed by atoms with Gasteiger partial charge in [-0.1, -0.05) is 17.3 Å². The summed E-state index contributed by atoms with van der Waals surface area (Å²) in [5, 5.41) is 15.0. The van der Waals surface area contributed by atoms with Crippen LogP contribution in [0.3, 0.4) is 0 Å². The summed E-state index contributed by atoms with van der Waals surface area (Å²) in [6.07, 6.45) is 1.55. The van der Waals surface area contributed by atoms with Crippen LogP contribution in [-0.2, 0) is 4.84 Å². The zero-order valence-electron chi connectivity index (χ0n) is 9.74. The maximum Gasteiger partial charge on any atom is 0.143 e. The van der Waals surface area contributed by atoms with Crippen LogP contribution >= 0.6 is 0 Å². The summed E-state index contributed by atoms with van der Waals surface area (Å²) in [5.74, 6) is 0. The summed E-state index contributed by atoms with van der Waals surface area (Å²) < 4.78 is 1.60. The Balaban J connectivity index is 2.19. The summed E-state index contributed by atoms with van der Waals surface area (Å²) in [6, 6.07) is 7.76. The van der Waals surface area contributed by atoms with Crippen molar-refractivity contribution in [3.05, 3.63) is 36.2 Å². The molecular formula is C11H13N5O. The van der Waals surface area contributed by atoms with Gasteiger partial charge in [-0.2, -0.15) is 0 Å². The lowest BCUT2D eigenvalue weighted by Gasteiger charge is -2.03. The first kappa shape index (κ1) is 11.3. The van der Waals surface area contributed by atoms with Gasteiger partial charge in [-0.15, -0.1) is 5.10 Å². The lowest BCUT2D eigenvalue weighted by molar-refractivity contribution is 0.159. The van der Waals surface area contributed by atoms with Gasteiger partial charge in [-0.3, -0.25) is 0 Å². The summed E-state index contributed by atoms with van der Waals surface area (Å²) in [5.41, 5.74) is 2.76. The number of hydrogen-bond donors (Lipinski definition) is 0. The van der Waals surface area contributed by atoms with E-state index in [0.717, 1.165) is 17.0 Å². The highest BCUT2D eigenvalue weighted by Crippen LogP contribution is 2.08. The molecule has 0 saturated carbocycles. The Morgan fingerprint density at radius 2 is 2.12 bits per heavy atom. The van der Waals surface area contributed by atoms with E-state index in [1.807, 2.05) is 38.1 Å². The largest absolute Gasteiger partial charge is 0.396 e. The molecule has 0 spiro atoms. The number of aromatic nitrogens is 4. The second kappa shape index (κ2) is 5.20. The molecule has 0 aliphatic rings. The van der Waals surface area contributed by atoms with Crippen molar-refractivity contribution in [3.8, 4) is 5.69 Å². The number of hydrogen-bond acceptors (Lipinski definition) is 5. The molecule has 1 aromatic heterocycles. The summed E-state index contributed by atoms with van der Waals surface area (Å²) in [4.78, 5) is 5.00. The number of oxime groups is 1. The molecule has 0 aliphatic heterocycles. The minimum absolute atomic E-state index is 0.569. The van der Waals surface area contributed by atoms with Crippen molar-refractivity contribution in [1.82, 2.24) is 20.2 Å². The van der Waals surface area contributed by atoms with Gasteiger partial charge in [0.2, 0.25) is 0 Å². The molecule has 2 rings (SSSR count). The molecule has 6 nitrogen and oxygen atoms in total. The van der Waals surface area contributed by atoms with Crippen LogP contribution in [-0.4, -0.2) is 32.5 Å². The van der Waals surface area contributed by atoms with Crippen LogP contribution in [0.4, 0.5) is 0 Å². The van der Waals surface area contributed by atoms with Crippen LogP contribution in [0.5, 0.6) is 0 Å². The number of nitrogens with zero attached hydrogens (tertiary/aromatic N) is 5. The van der Waals surface area contributed by atoms with Crippen molar-refractivity contribution in [3.63, 3.8) is 0 Å². The zero-order valence-corrected chi connectivity index (χ0v) is 9.74. The van der Waals surface area contributed by atoms with Gasteiger partial charge in [0.1, 0.15) is 12.9 Å². The third-order valence-electron chi connectivity index (χ3n) is 2.23. The standard InChI is InChI=1S/C11H13N5O/c1-3-17-13-9(2)10-4-6-11(7-5-10)16-8-12-14-15-16/h4-8H,3H2,1-2H3/b13-9+. The first-order valence-corrected chi connectivity index (χ1v) is 5.31. The van der Waals surface area contributed by atoms with E-state index in [1.54, 1.807) is 11.0 Å². The van der Waals surface area contributed by atoms with E-state index in [2.05, 4.69) is 20.7 Å². The zero-order chi connectivity index (χ0) is 12.1. The summed E-state index contributed by atoms with van der Waals surface area (Å²) >= 11 is 0. The molecule has 0 fully saturated rings. The van der Waals surface area contributed by atoms with Gasteiger partial charge in [-0.05, 0) is 42.0 Å². The van der Waals surface area contributed by atoms with Gasteiger partial charge in [0.05, 0.1) is 11.4 Å². The molecule has 1 heterocycles. The van der Waals surface area contributed by atoms with E-state index in [1.165, 1.54) is 0 Å². The van der Waals surface area contributed by atoms with Crippen molar-refractivity contribution in [2.45, 2.75) is 13.8 Å². The van der Waals surface area contributed by atoms with Crippen LogP contribution in [0.25, 0.3) is 5.69 Å². The Morgan fingerprint density at radius 1 is 1.35 bits per heavy atom. The highest BCUT2D eigenvalue weighted by molar-refractivity contribution is 5.98. The van der Waals surface area contributed by atoms with Crippen LogP contribution < -0.4 is 0 Å². The topological polar surface area (TPSA) is 65.2 Å². The van der Waals surface area contributed by atoms with Gasteiger partial charge in [0.25, 0.3) is 0 Å². The molecular weight excluding hydrogens is 218 g/mol. The Kier molecular flexibility index (Phi) is 3.44. The minimum Gasteiger partial charge on any atom is -0.396 e. The highest BCUT2D eigenvalue weighted by atomic mass is 16.6. The predicted molar refractivity (Wildman–Crippen MR) is 63.0 cm³/mol. The van der Waals surface area contributed by atoms with Crippen molar-refractivity contribution in [1.29, 1.82) is 0 Å². The average Bonchev–Trinajstić information content (AvgIpc) is 2.90. The molecule has 1 aromatic carbocycles. The van der Waals surface area contributed by atoms with Crippen molar-refractivity contribution >= 4 is 5.71 Å². The first-order chi connectivity index (χ1) is 8.31. The van der Waals surface area contributed by atoms with Gasteiger partial charge in [0.15, 0.2) is 0 Å². The maximum atomic E-state index is 5.00. The fraction of sp³-hybridized carbons (Fsp3) is 0.273. The molecule has 0 amide bonds. The molecule has 0 atom stereocenters. The van der Waals surface area contributed by atoms with Crippen molar-refractivity contribution in [2.24, 2.45) is 5.16 Å². The van der Waals surface area contributed by atoms with Crippen LogP contribution in [0.2, 0.25) is 0 Å². The Hall–Kier alpha value is -2.24. The van der Waals surface area contributed by atoms with Gasteiger partial charge in [-0.25, -0.2) is 4.68 Å². The third-order valence-corrected chi connectivity index (χ3v) is 2.23. The van der Waals surface area contributed by atoms with E-state index >= 15 is 0 Å². The molecule has 0 saturated heterocycles. The Morgan fingerprint density at radius 3 is 2.71 bits per heavy atom.